The molecular formula is C25H18Cl3N3O3. The average molecular weight is 515 g/mol. The van der Waals surface area contributed by atoms with Crippen LogP contribution in [0.25, 0.3) is 0 Å². The highest BCUT2D eigenvalue weighted by Crippen LogP contribution is 2.31. The minimum atomic E-state index is -0.622. The van der Waals surface area contributed by atoms with Gasteiger partial charge in [-0.15, -0.1) is 0 Å². The Balaban J connectivity index is 1.55. The summed E-state index contributed by atoms with van der Waals surface area (Å²) < 4.78 is 0. The van der Waals surface area contributed by atoms with Crippen molar-refractivity contribution in [2.24, 2.45) is 0 Å². The molecule has 0 aromatic heterocycles. The maximum absolute atomic E-state index is 13.0. The highest BCUT2D eigenvalue weighted by Gasteiger charge is 2.39. The zero-order valence-electron chi connectivity index (χ0n) is 18.1. The summed E-state index contributed by atoms with van der Waals surface area (Å²) in [6, 6.07) is 16.4. The zero-order chi connectivity index (χ0) is 24.6. The van der Waals surface area contributed by atoms with Crippen LogP contribution in [-0.4, -0.2) is 17.7 Å². The molecule has 3 amide bonds. The van der Waals surface area contributed by atoms with Crippen molar-refractivity contribution < 1.29 is 14.4 Å². The molecule has 34 heavy (non-hydrogen) atoms. The molecule has 6 nitrogen and oxygen atoms in total. The molecule has 2 N–H and O–H groups in total. The fourth-order valence-corrected chi connectivity index (χ4v) is 4.05. The molecule has 0 bridgehead atoms. The first-order valence-corrected chi connectivity index (χ1v) is 11.3. The maximum Gasteiger partial charge on any atom is 0.283 e. The average Bonchev–Trinajstić information content (AvgIpc) is 3.01. The van der Waals surface area contributed by atoms with Gasteiger partial charge in [-0.05, 0) is 73.5 Å². The lowest BCUT2D eigenvalue weighted by Gasteiger charge is -2.16. The Labute approximate surface area is 211 Å². The molecule has 0 atom stereocenters. The molecule has 0 saturated heterocycles. The monoisotopic (exact) mass is 513 g/mol. The Bertz CT molecular complexity index is 1380. The van der Waals surface area contributed by atoms with Crippen molar-refractivity contribution in [1.82, 2.24) is 0 Å². The molecule has 3 aromatic carbocycles. The van der Waals surface area contributed by atoms with Crippen LogP contribution in [0.5, 0.6) is 0 Å². The van der Waals surface area contributed by atoms with E-state index in [2.05, 4.69) is 10.6 Å². The Morgan fingerprint density at radius 2 is 1.62 bits per heavy atom. The van der Waals surface area contributed by atoms with Gasteiger partial charge >= 0.3 is 0 Å². The first-order chi connectivity index (χ1) is 16.2. The number of hydrogen-bond acceptors (Lipinski definition) is 4. The number of nitrogens with one attached hydrogen (secondary N) is 2. The quantitative estimate of drug-likeness (QED) is 0.392. The first-order valence-electron chi connectivity index (χ1n) is 10.1. The molecular weight excluding hydrogens is 497 g/mol. The summed E-state index contributed by atoms with van der Waals surface area (Å²) in [5.74, 6) is -1.62. The number of halogens is 3. The molecule has 1 aliphatic heterocycles. The Hall–Kier alpha value is -3.32. The Morgan fingerprint density at radius 1 is 0.853 bits per heavy atom. The maximum atomic E-state index is 13.0. The molecule has 1 heterocycles. The molecule has 0 unspecified atom stereocenters. The van der Waals surface area contributed by atoms with Crippen molar-refractivity contribution >= 4 is 69.6 Å². The molecule has 0 spiro atoms. The van der Waals surface area contributed by atoms with Crippen molar-refractivity contribution in [3.05, 3.63) is 98.1 Å². The number of amides is 3. The molecule has 0 radical (unpaired) electrons. The van der Waals surface area contributed by atoms with Crippen LogP contribution in [0, 0.1) is 13.8 Å². The summed E-state index contributed by atoms with van der Waals surface area (Å²) in [4.78, 5) is 39.5. The van der Waals surface area contributed by atoms with E-state index in [9.17, 15) is 14.4 Å². The van der Waals surface area contributed by atoms with Crippen molar-refractivity contribution in [2.45, 2.75) is 13.8 Å². The number of carbonyl (C=O) groups is 3. The molecule has 0 aliphatic carbocycles. The van der Waals surface area contributed by atoms with Gasteiger partial charge in [0.15, 0.2) is 0 Å². The summed E-state index contributed by atoms with van der Waals surface area (Å²) in [7, 11) is 0. The van der Waals surface area contributed by atoms with E-state index in [1.54, 1.807) is 42.5 Å². The molecule has 9 heteroatoms. The van der Waals surface area contributed by atoms with Crippen LogP contribution in [0.2, 0.25) is 10.0 Å². The highest BCUT2D eigenvalue weighted by atomic mass is 35.5. The third kappa shape index (κ3) is 4.66. The fraction of sp³-hybridized carbons (Fsp3) is 0.0800. The summed E-state index contributed by atoms with van der Waals surface area (Å²) in [5.41, 5.74) is 3.46. The number of nitrogens with zero attached hydrogens (tertiary/aromatic N) is 1. The van der Waals surface area contributed by atoms with Crippen LogP contribution < -0.4 is 15.5 Å². The van der Waals surface area contributed by atoms with Gasteiger partial charge in [-0.2, -0.15) is 0 Å². The van der Waals surface area contributed by atoms with E-state index >= 15 is 0 Å². The Kier molecular flexibility index (Phi) is 6.66. The third-order valence-electron chi connectivity index (χ3n) is 5.35. The van der Waals surface area contributed by atoms with E-state index in [0.717, 1.165) is 16.0 Å². The van der Waals surface area contributed by atoms with E-state index in [0.29, 0.717) is 32.7 Å². The van der Waals surface area contributed by atoms with E-state index in [1.165, 1.54) is 12.1 Å². The van der Waals surface area contributed by atoms with Gasteiger partial charge in [0.05, 0.1) is 16.4 Å². The van der Waals surface area contributed by atoms with Gasteiger partial charge in [0.25, 0.3) is 17.7 Å². The second-order valence-corrected chi connectivity index (χ2v) is 8.91. The van der Waals surface area contributed by atoms with Gasteiger partial charge in [-0.25, -0.2) is 4.90 Å². The highest BCUT2D eigenvalue weighted by molar-refractivity contribution is 6.53. The zero-order valence-corrected chi connectivity index (χ0v) is 20.3. The number of aryl methyl sites for hydroxylation is 2. The molecule has 4 rings (SSSR count). The minimum Gasteiger partial charge on any atom is -0.350 e. The lowest BCUT2D eigenvalue weighted by molar-refractivity contribution is -0.120. The lowest BCUT2D eigenvalue weighted by atomic mass is 10.1. The predicted molar refractivity (Wildman–Crippen MR) is 136 cm³/mol. The van der Waals surface area contributed by atoms with Crippen LogP contribution >= 0.6 is 34.8 Å². The molecule has 0 saturated carbocycles. The van der Waals surface area contributed by atoms with Gasteiger partial charge in [0.1, 0.15) is 10.7 Å². The lowest BCUT2D eigenvalue weighted by Crippen LogP contribution is -2.32. The van der Waals surface area contributed by atoms with Crippen LogP contribution in [-0.2, 0) is 9.59 Å². The van der Waals surface area contributed by atoms with Gasteiger partial charge in [-0.1, -0.05) is 46.9 Å². The fourth-order valence-electron chi connectivity index (χ4n) is 3.38. The van der Waals surface area contributed by atoms with Crippen molar-refractivity contribution in [1.29, 1.82) is 0 Å². The van der Waals surface area contributed by atoms with E-state index in [-0.39, 0.29) is 10.7 Å². The number of hydrogen-bond donors (Lipinski definition) is 2. The second-order valence-electron chi connectivity index (χ2n) is 7.69. The van der Waals surface area contributed by atoms with E-state index in [4.69, 9.17) is 34.8 Å². The predicted octanol–water partition coefficient (Wildman–Crippen LogP) is 6.30. The summed E-state index contributed by atoms with van der Waals surface area (Å²) in [5, 5.41) is 6.12. The SMILES string of the molecule is Cc1ccc(N2C(=O)C(Cl)=C(Nc3cccc(C(=O)Nc4ccc(Cl)cc4Cl)c3)C2=O)cc1C. The summed E-state index contributed by atoms with van der Waals surface area (Å²) in [6.07, 6.45) is 0. The van der Waals surface area contributed by atoms with Gasteiger partial charge in [0.2, 0.25) is 0 Å². The van der Waals surface area contributed by atoms with Crippen molar-refractivity contribution in [3.63, 3.8) is 0 Å². The van der Waals surface area contributed by atoms with Crippen LogP contribution in [0.1, 0.15) is 21.5 Å². The summed E-state index contributed by atoms with van der Waals surface area (Å²) >= 11 is 18.3. The minimum absolute atomic E-state index is 0.0665. The van der Waals surface area contributed by atoms with E-state index < -0.39 is 17.7 Å². The van der Waals surface area contributed by atoms with Crippen molar-refractivity contribution in [3.8, 4) is 0 Å². The van der Waals surface area contributed by atoms with Gasteiger partial charge < -0.3 is 10.6 Å². The third-order valence-corrected chi connectivity index (χ3v) is 6.25. The Morgan fingerprint density at radius 3 is 2.32 bits per heavy atom. The standard InChI is InChI=1S/C25H18Cl3N3O3/c1-13-6-8-18(10-14(13)2)31-24(33)21(28)22(25(31)34)29-17-5-3-4-15(11-17)23(32)30-20-9-7-16(26)12-19(20)27/h3-12,29H,1-2H3,(H,30,32). The second kappa shape index (κ2) is 9.50. The van der Waals surface area contributed by atoms with Gasteiger partial charge in [0, 0.05) is 16.3 Å². The molecule has 1 aliphatic rings. The van der Waals surface area contributed by atoms with Crippen molar-refractivity contribution in [2.75, 3.05) is 15.5 Å². The number of rotatable bonds is 5. The normalized spacial score (nSPS) is 13.5. The molecule has 0 fully saturated rings. The van der Waals surface area contributed by atoms with Crippen LogP contribution in [0.3, 0.4) is 0 Å². The largest absolute Gasteiger partial charge is 0.350 e. The smallest absolute Gasteiger partial charge is 0.283 e. The molecule has 172 valence electrons. The number of carbonyl (C=O) groups excluding carboxylic acids is 3. The number of imide groups is 1. The number of anilines is 3. The molecule has 3 aromatic rings. The van der Waals surface area contributed by atoms with E-state index in [1.807, 2.05) is 19.9 Å². The topological polar surface area (TPSA) is 78.5 Å². The summed E-state index contributed by atoms with van der Waals surface area (Å²) in [6.45, 7) is 3.83. The van der Waals surface area contributed by atoms with Crippen LogP contribution in [0.15, 0.2) is 71.4 Å². The van der Waals surface area contributed by atoms with Gasteiger partial charge in [-0.3, -0.25) is 14.4 Å². The first kappa shape index (κ1) is 23.8. The van der Waals surface area contributed by atoms with Crippen LogP contribution in [0.4, 0.5) is 17.1 Å². The number of benzene rings is 3.